The van der Waals surface area contributed by atoms with Crippen LogP contribution in [0.2, 0.25) is 0 Å². The van der Waals surface area contributed by atoms with E-state index in [9.17, 15) is 20.4 Å². The van der Waals surface area contributed by atoms with Crippen molar-refractivity contribution in [1.82, 2.24) is 0 Å². The van der Waals surface area contributed by atoms with E-state index in [2.05, 4.69) is 13.2 Å². The van der Waals surface area contributed by atoms with Crippen molar-refractivity contribution in [3.8, 4) is 11.5 Å². The monoisotopic (exact) mass is 382 g/mol. The zero-order valence-corrected chi connectivity index (χ0v) is 16.7. The lowest BCUT2D eigenvalue weighted by molar-refractivity contribution is 0.277. The molecular formula is C24H30O4. The molecule has 1 aliphatic rings. The van der Waals surface area contributed by atoms with E-state index in [1.54, 1.807) is 6.08 Å². The van der Waals surface area contributed by atoms with Crippen LogP contribution in [0.15, 0.2) is 66.2 Å². The van der Waals surface area contributed by atoms with E-state index in [-0.39, 0.29) is 34.9 Å². The maximum absolute atomic E-state index is 10.3. The fourth-order valence-electron chi connectivity index (χ4n) is 3.31. The van der Waals surface area contributed by atoms with Crippen LogP contribution in [-0.2, 0) is 6.42 Å². The van der Waals surface area contributed by atoms with Crippen molar-refractivity contribution in [1.29, 1.82) is 0 Å². The van der Waals surface area contributed by atoms with Crippen LogP contribution in [0.4, 0.5) is 0 Å². The van der Waals surface area contributed by atoms with Gasteiger partial charge in [0.2, 0.25) is 0 Å². The Balaban J connectivity index is 2.25. The minimum absolute atomic E-state index is 0.0365. The van der Waals surface area contributed by atoms with Crippen molar-refractivity contribution in [2.45, 2.75) is 39.5 Å². The lowest BCUT2D eigenvalue weighted by atomic mass is 9.82. The smallest absolute Gasteiger partial charge is 0.160 e. The van der Waals surface area contributed by atoms with Gasteiger partial charge in [-0.05, 0) is 68.9 Å². The lowest BCUT2D eigenvalue weighted by Gasteiger charge is -2.25. The first kappa shape index (κ1) is 21.4. The summed E-state index contributed by atoms with van der Waals surface area (Å²) in [6.07, 6.45) is 9.65. The van der Waals surface area contributed by atoms with Crippen molar-refractivity contribution < 1.29 is 20.4 Å². The first-order chi connectivity index (χ1) is 13.2. The highest BCUT2D eigenvalue weighted by Crippen LogP contribution is 2.35. The third kappa shape index (κ3) is 5.81. The second kappa shape index (κ2) is 9.36. The minimum atomic E-state index is -0.181. The number of phenols is 2. The topological polar surface area (TPSA) is 80.9 Å². The zero-order valence-electron chi connectivity index (χ0n) is 16.7. The van der Waals surface area contributed by atoms with E-state index in [0.29, 0.717) is 12.0 Å². The average molecular weight is 383 g/mol. The van der Waals surface area contributed by atoms with Crippen LogP contribution < -0.4 is 0 Å². The summed E-state index contributed by atoms with van der Waals surface area (Å²) < 4.78 is 0. The molecule has 0 heterocycles. The SMILES string of the molecule is C=C(C)CCc1cc(C=CC2C=C(O)C=C(O)C2CCC(=C)C)cc(O)c1O. The number of hydrogen-bond acceptors (Lipinski definition) is 4. The predicted molar refractivity (Wildman–Crippen MR) is 114 cm³/mol. The number of phenolic OH excluding ortho intramolecular Hbond substituents is 2. The molecular weight excluding hydrogens is 352 g/mol. The highest BCUT2D eigenvalue weighted by molar-refractivity contribution is 5.59. The fourth-order valence-corrected chi connectivity index (χ4v) is 3.31. The Morgan fingerprint density at radius 1 is 1.04 bits per heavy atom. The van der Waals surface area contributed by atoms with Gasteiger partial charge in [0, 0.05) is 17.9 Å². The largest absolute Gasteiger partial charge is 0.512 e. The van der Waals surface area contributed by atoms with E-state index in [4.69, 9.17) is 0 Å². The van der Waals surface area contributed by atoms with Crippen molar-refractivity contribution in [2.75, 3.05) is 0 Å². The van der Waals surface area contributed by atoms with Gasteiger partial charge in [0.05, 0.1) is 5.76 Å². The summed E-state index contributed by atoms with van der Waals surface area (Å²) in [7, 11) is 0. The normalized spacial score (nSPS) is 19.4. The molecule has 0 fully saturated rings. The van der Waals surface area contributed by atoms with Crippen molar-refractivity contribution in [2.24, 2.45) is 11.8 Å². The highest BCUT2D eigenvalue weighted by atomic mass is 16.3. The number of hydrogen-bond donors (Lipinski definition) is 4. The molecule has 2 rings (SSSR count). The fraction of sp³-hybridized carbons (Fsp3) is 0.333. The molecule has 2 atom stereocenters. The van der Waals surface area contributed by atoms with Gasteiger partial charge in [0.15, 0.2) is 11.5 Å². The van der Waals surface area contributed by atoms with E-state index < -0.39 is 0 Å². The summed E-state index contributed by atoms with van der Waals surface area (Å²) in [6, 6.07) is 3.33. The second-order valence-electron chi connectivity index (χ2n) is 7.70. The van der Waals surface area contributed by atoms with Crippen LogP contribution in [0.1, 0.15) is 44.2 Å². The number of aliphatic hydroxyl groups is 2. The third-order valence-corrected chi connectivity index (χ3v) is 4.91. The highest BCUT2D eigenvalue weighted by Gasteiger charge is 2.25. The molecule has 4 heteroatoms. The second-order valence-corrected chi connectivity index (χ2v) is 7.70. The molecule has 1 aromatic rings. The molecule has 0 saturated heterocycles. The quantitative estimate of drug-likeness (QED) is 0.323. The molecule has 1 aliphatic carbocycles. The van der Waals surface area contributed by atoms with Gasteiger partial charge >= 0.3 is 0 Å². The molecule has 0 amide bonds. The first-order valence-electron chi connectivity index (χ1n) is 9.50. The van der Waals surface area contributed by atoms with Crippen molar-refractivity contribution in [3.63, 3.8) is 0 Å². The summed E-state index contributed by atoms with van der Waals surface area (Å²) >= 11 is 0. The molecule has 0 bridgehead atoms. The molecule has 1 aromatic carbocycles. The molecule has 150 valence electrons. The number of aromatic hydroxyl groups is 2. The van der Waals surface area contributed by atoms with Gasteiger partial charge in [-0.3, -0.25) is 0 Å². The van der Waals surface area contributed by atoms with E-state index in [1.165, 1.54) is 12.1 Å². The maximum Gasteiger partial charge on any atom is 0.160 e. The lowest BCUT2D eigenvalue weighted by Crippen LogP contribution is -2.18. The Bertz CT molecular complexity index is 842. The summed E-state index contributed by atoms with van der Waals surface area (Å²) in [5.74, 6) is -0.395. The van der Waals surface area contributed by atoms with Crippen LogP contribution in [0.3, 0.4) is 0 Å². The van der Waals surface area contributed by atoms with Gasteiger partial charge in [-0.2, -0.15) is 0 Å². The number of aryl methyl sites for hydroxylation is 1. The molecule has 0 aromatic heterocycles. The number of benzene rings is 1. The molecule has 28 heavy (non-hydrogen) atoms. The maximum atomic E-state index is 10.3. The van der Waals surface area contributed by atoms with Gasteiger partial charge in [-0.15, -0.1) is 13.2 Å². The zero-order chi connectivity index (χ0) is 20.8. The van der Waals surface area contributed by atoms with Crippen LogP contribution in [0, 0.1) is 11.8 Å². The summed E-state index contributed by atoms with van der Waals surface area (Å²) in [4.78, 5) is 0. The Hall–Kier alpha value is -2.88. The van der Waals surface area contributed by atoms with Gasteiger partial charge < -0.3 is 20.4 Å². The van der Waals surface area contributed by atoms with Crippen LogP contribution in [0.5, 0.6) is 11.5 Å². The number of aliphatic hydroxyl groups excluding tert-OH is 2. The molecule has 4 nitrogen and oxygen atoms in total. The van der Waals surface area contributed by atoms with E-state index >= 15 is 0 Å². The minimum Gasteiger partial charge on any atom is -0.512 e. The van der Waals surface area contributed by atoms with Crippen LogP contribution in [-0.4, -0.2) is 20.4 Å². The summed E-state index contributed by atoms with van der Waals surface area (Å²) in [5, 5.41) is 40.3. The molecule has 0 saturated carbocycles. The number of allylic oxidation sites excluding steroid dienone is 6. The summed E-state index contributed by atoms with van der Waals surface area (Å²) in [6.45, 7) is 11.7. The Morgan fingerprint density at radius 3 is 2.36 bits per heavy atom. The third-order valence-electron chi connectivity index (χ3n) is 4.91. The summed E-state index contributed by atoms with van der Waals surface area (Å²) in [5.41, 5.74) is 3.45. The van der Waals surface area contributed by atoms with Gasteiger partial charge in [0.25, 0.3) is 0 Å². The predicted octanol–water partition coefficient (Wildman–Crippen LogP) is 6.11. The Labute approximate surface area is 167 Å². The van der Waals surface area contributed by atoms with E-state index in [1.807, 2.05) is 32.1 Å². The molecule has 0 spiro atoms. The molecule has 0 aliphatic heterocycles. The standard InChI is InChI=1S/C24H30O4/c1-15(2)5-8-19-11-17(12-23(27)24(19)28)7-9-18-13-20(25)14-22(26)21(18)10-6-16(3)4/h7,9,11-14,18,21,25-28H,1,3,5-6,8,10H2,2,4H3. The molecule has 0 radical (unpaired) electrons. The van der Waals surface area contributed by atoms with Gasteiger partial charge in [-0.25, -0.2) is 0 Å². The van der Waals surface area contributed by atoms with E-state index in [0.717, 1.165) is 36.0 Å². The average Bonchev–Trinajstić information content (AvgIpc) is 2.60. The van der Waals surface area contributed by atoms with Crippen molar-refractivity contribution in [3.05, 3.63) is 77.3 Å². The number of rotatable bonds is 8. The van der Waals surface area contributed by atoms with Crippen LogP contribution in [0.25, 0.3) is 6.08 Å². The van der Waals surface area contributed by atoms with Crippen LogP contribution >= 0.6 is 0 Å². The Kier molecular flexibility index (Phi) is 7.16. The van der Waals surface area contributed by atoms with Gasteiger partial charge in [-0.1, -0.05) is 23.3 Å². The Morgan fingerprint density at radius 2 is 1.71 bits per heavy atom. The van der Waals surface area contributed by atoms with Gasteiger partial charge in [0.1, 0.15) is 5.76 Å². The first-order valence-corrected chi connectivity index (χ1v) is 9.50. The molecule has 2 unspecified atom stereocenters. The van der Waals surface area contributed by atoms with Crippen molar-refractivity contribution >= 4 is 6.08 Å². The molecule has 4 N–H and O–H groups in total.